The molecule has 0 bridgehead atoms. The van der Waals surface area contributed by atoms with Gasteiger partial charge in [0.25, 0.3) is 0 Å². The fraction of sp³-hybridized carbons (Fsp3) is 0.800. The van der Waals surface area contributed by atoms with Gasteiger partial charge in [0.2, 0.25) is 0 Å². The molecule has 0 unspecified atom stereocenters. The van der Waals surface area contributed by atoms with Gasteiger partial charge in [-0.2, -0.15) is 13.1 Å². The molecular weight excluding hydrogens is 220 g/mol. The number of hydrogen-bond acceptors (Lipinski definition) is 4. The topological polar surface area (TPSA) is 84.5 Å². The second-order valence-electron chi connectivity index (χ2n) is 1.91. The molecule has 0 aromatic carbocycles. The van der Waals surface area contributed by atoms with Crippen molar-refractivity contribution >= 4 is 27.9 Å². The average Bonchev–Trinajstić information content (AvgIpc) is 2.00. The molecule has 0 heterocycles. The fourth-order valence-electron chi connectivity index (χ4n) is 0.479. The highest BCUT2D eigenvalue weighted by Gasteiger charge is 2.13. The van der Waals surface area contributed by atoms with E-state index in [9.17, 15) is 13.2 Å². The summed E-state index contributed by atoms with van der Waals surface area (Å²) < 4.78 is 29.8. The summed E-state index contributed by atoms with van der Waals surface area (Å²) >= 11 is 5.23. The quantitative estimate of drug-likeness (QED) is 0.641. The average molecular weight is 231 g/mol. The van der Waals surface area contributed by atoms with Gasteiger partial charge in [-0.3, -0.25) is 0 Å². The summed E-state index contributed by atoms with van der Waals surface area (Å²) in [4.78, 5) is 10.6. The van der Waals surface area contributed by atoms with E-state index >= 15 is 0 Å². The van der Waals surface area contributed by atoms with Crippen LogP contribution in [0.3, 0.4) is 0 Å². The molecule has 0 saturated heterocycles. The van der Waals surface area contributed by atoms with Crippen LogP contribution in [0.15, 0.2) is 0 Å². The summed E-state index contributed by atoms with van der Waals surface area (Å²) in [6.45, 7) is 1.73. The monoisotopic (exact) mass is 230 g/mol. The van der Waals surface area contributed by atoms with Crippen molar-refractivity contribution < 1.29 is 17.9 Å². The summed E-state index contributed by atoms with van der Waals surface area (Å²) in [5.41, 5.74) is 0. The maximum atomic E-state index is 10.9. The smallest absolute Gasteiger partial charge is 0.421 e. The first-order valence-corrected chi connectivity index (χ1v) is 5.53. The zero-order valence-electron chi connectivity index (χ0n) is 7.04. The highest BCUT2D eigenvalue weighted by molar-refractivity contribution is 7.88. The lowest BCUT2D eigenvalue weighted by molar-refractivity contribution is 0.158. The normalized spacial score (nSPS) is 10.9. The fourth-order valence-corrected chi connectivity index (χ4v) is 1.41. The maximum absolute atomic E-state index is 10.9. The van der Waals surface area contributed by atoms with Crippen molar-refractivity contribution in [3.63, 3.8) is 0 Å². The Morgan fingerprint density at radius 2 is 2.15 bits per heavy atom. The van der Waals surface area contributed by atoms with Crippen molar-refractivity contribution in [3.05, 3.63) is 0 Å². The number of carbonyl (C=O) groups is 1. The molecule has 0 rings (SSSR count). The van der Waals surface area contributed by atoms with Gasteiger partial charge in [-0.1, -0.05) is 0 Å². The number of amides is 1. The van der Waals surface area contributed by atoms with Gasteiger partial charge in [0.1, 0.15) is 0 Å². The molecule has 13 heavy (non-hydrogen) atoms. The molecule has 0 atom stereocenters. The Hall–Kier alpha value is -0.530. The van der Waals surface area contributed by atoms with Crippen molar-refractivity contribution in [2.45, 2.75) is 6.92 Å². The van der Waals surface area contributed by atoms with Crippen molar-refractivity contribution in [2.24, 2.45) is 0 Å². The maximum Gasteiger partial charge on any atom is 0.421 e. The van der Waals surface area contributed by atoms with Crippen LogP contribution in [0.25, 0.3) is 0 Å². The van der Waals surface area contributed by atoms with E-state index in [0.29, 0.717) is 0 Å². The number of halogens is 1. The second kappa shape index (κ2) is 6.01. The van der Waals surface area contributed by atoms with Crippen LogP contribution in [-0.2, 0) is 14.9 Å². The second-order valence-corrected chi connectivity index (χ2v) is 3.79. The summed E-state index contributed by atoms with van der Waals surface area (Å²) in [5.74, 6) is 0.129. The van der Waals surface area contributed by atoms with Crippen LogP contribution in [0.4, 0.5) is 4.79 Å². The van der Waals surface area contributed by atoms with Crippen molar-refractivity contribution in [3.8, 4) is 0 Å². The van der Waals surface area contributed by atoms with E-state index < -0.39 is 16.3 Å². The number of ether oxygens (including phenoxy) is 1. The molecule has 0 spiro atoms. The van der Waals surface area contributed by atoms with Crippen LogP contribution in [0.2, 0.25) is 0 Å². The number of rotatable bonds is 5. The van der Waals surface area contributed by atoms with E-state index in [2.05, 4.69) is 4.74 Å². The minimum absolute atomic E-state index is 0.0519. The standard InChI is InChI=1S/C5H11ClN2O4S/c1-2-12-5(9)8-13(10,11)7-4-3-6/h7H,2-4H2,1H3,(H,8,9). The Morgan fingerprint density at radius 3 is 2.62 bits per heavy atom. The number of hydrogen-bond donors (Lipinski definition) is 2. The van der Waals surface area contributed by atoms with Crippen LogP contribution < -0.4 is 9.44 Å². The molecule has 0 saturated carbocycles. The van der Waals surface area contributed by atoms with Gasteiger partial charge in [-0.05, 0) is 6.92 Å². The van der Waals surface area contributed by atoms with Crippen molar-refractivity contribution in [2.75, 3.05) is 19.0 Å². The Bertz CT molecular complexity index is 253. The molecule has 8 heteroatoms. The predicted octanol–water partition coefficient (Wildman–Crippen LogP) is -0.194. The molecule has 6 nitrogen and oxygen atoms in total. The van der Waals surface area contributed by atoms with E-state index in [1.807, 2.05) is 4.72 Å². The van der Waals surface area contributed by atoms with Crippen LogP contribution in [0.5, 0.6) is 0 Å². The molecule has 0 fully saturated rings. The third-order valence-electron chi connectivity index (χ3n) is 0.880. The Labute approximate surface area is 81.8 Å². The third kappa shape index (κ3) is 6.62. The molecule has 78 valence electrons. The van der Waals surface area contributed by atoms with Crippen LogP contribution in [0.1, 0.15) is 6.92 Å². The Kier molecular flexibility index (Phi) is 5.76. The van der Waals surface area contributed by atoms with Gasteiger partial charge in [-0.25, -0.2) is 9.52 Å². The Morgan fingerprint density at radius 1 is 1.54 bits per heavy atom. The third-order valence-corrected chi connectivity index (χ3v) is 2.09. The molecule has 0 aromatic heterocycles. The minimum Gasteiger partial charge on any atom is -0.449 e. The van der Waals surface area contributed by atoms with Gasteiger partial charge in [0, 0.05) is 12.4 Å². The zero-order chi connectivity index (χ0) is 10.3. The first kappa shape index (κ1) is 12.5. The van der Waals surface area contributed by atoms with E-state index in [1.54, 1.807) is 11.6 Å². The van der Waals surface area contributed by atoms with Gasteiger partial charge in [0.05, 0.1) is 6.61 Å². The zero-order valence-corrected chi connectivity index (χ0v) is 8.61. The number of alkyl halides is 1. The first-order chi connectivity index (χ1) is 6.02. The van der Waals surface area contributed by atoms with Gasteiger partial charge < -0.3 is 4.74 Å². The molecule has 0 radical (unpaired) electrons. The summed E-state index contributed by atoms with van der Waals surface area (Å²) in [5, 5.41) is 0. The van der Waals surface area contributed by atoms with Crippen LogP contribution in [-0.4, -0.2) is 33.5 Å². The Balaban J connectivity index is 3.95. The summed E-state index contributed by atoms with van der Waals surface area (Å²) in [7, 11) is -3.82. The minimum atomic E-state index is -3.82. The molecule has 0 aliphatic carbocycles. The molecule has 0 aliphatic rings. The van der Waals surface area contributed by atoms with E-state index in [1.165, 1.54) is 0 Å². The summed E-state index contributed by atoms with van der Waals surface area (Å²) in [6, 6.07) is 0. The highest BCUT2D eigenvalue weighted by atomic mass is 35.5. The summed E-state index contributed by atoms with van der Waals surface area (Å²) in [6.07, 6.45) is -1.01. The van der Waals surface area contributed by atoms with Crippen molar-refractivity contribution in [1.82, 2.24) is 9.44 Å². The lowest BCUT2D eigenvalue weighted by Gasteiger charge is -2.06. The van der Waals surface area contributed by atoms with E-state index in [-0.39, 0.29) is 19.0 Å². The molecule has 2 N–H and O–H groups in total. The van der Waals surface area contributed by atoms with Crippen LogP contribution in [0, 0.1) is 0 Å². The lowest BCUT2D eigenvalue weighted by Crippen LogP contribution is -2.41. The molecule has 0 aromatic rings. The van der Waals surface area contributed by atoms with E-state index in [4.69, 9.17) is 11.6 Å². The molecular formula is C5H11ClN2O4S. The SMILES string of the molecule is CCOC(=O)NS(=O)(=O)NCCCl. The molecule has 1 amide bonds. The molecule has 0 aliphatic heterocycles. The number of carbonyl (C=O) groups excluding carboxylic acids is 1. The van der Waals surface area contributed by atoms with Gasteiger partial charge >= 0.3 is 16.3 Å². The number of nitrogens with one attached hydrogen (secondary N) is 2. The van der Waals surface area contributed by atoms with Gasteiger partial charge in [-0.15, -0.1) is 11.6 Å². The highest BCUT2D eigenvalue weighted by Crippen LogP contribution is 1.82. The lowest BCUT2D eigenvalue weighted by atomic mass is 10.8. The predicted molar refractivity (Wildman–Crippen MR) is 47.8 cm³/mol. The van der Waals surface area contributed by atoms with Crippen molar-refractivity contribution in [1.29, 1.82) is 0 Å². The van der Waals surface area contributed by atoms with E-state index in [0.717, 1.165) is 0 Å². The first-order valence-electron chi connectivity index (χ1n) is 3.52. The largest absolute Gasteiger partial charge is 0.449 e. The van der Waals surface area contributed by atoms with Gasteiger partial charge in [0.15, 0.2) is 0 Å². The van der Waals surface area contributed by atoms with Crippen LogP contribution >= 0.6 is 11.6 Å².